The van der Waals surface area contributed by atoms with E-state index in [1.165, 1.54) is 6.07 Å². The van der Waals surface area contributed by atoms with Crippen molar-refractivity contribution in [1.29, 1.82) is 0 Å². The van der Waals surface area contributed by atoms with E-state index in [1.807, 2.05) is 0 Å². The number of benzene rings is 1. The predicted molar refractivity (Wildman–Crippen MR) is 60.1 cm³/mol. The summed E-state index contributed by atoms with van der Waals surface area (Å²) in [5.41, 5.74) is -0.430. The van der Waals surface area contributed by atoms with E-state index in [2.05, 4.69) is 15.5 Å². The van der Waals surface area contributed by atoms with E-state index in [0.29, 0.717) is 0 Å². The normalized spacial score (nSPS) is 14.4. The highest BCUT2D eigenvalue weighted by Crippen LogP contribution is 2.25. The highest BCUT2D eigenvalue weighted by molar-refractivity contribution is 5.90. The highest BCUT2D eigenvalue weighted by atomic mass is 19.1. The van der Waals surface area contributed by atoms with Gasteiger partial charge in [0.25, 0.3) is 5.89 Å². The summed E-state index contributed by atoms with van der Waals surface area (Å²) in [6, 6.07) is 3.51. The van der Waals surface area contributed by atoms with Crippen LogP contribution in [0.3, 0.4) is 0 Å². The second kappa shape index (κ2) is 4.42. The number of amides is 1. The molecule has 3 rings (SSSR count). The summed E-state index contributed by atoms with van der Waals surface area (Å²) < 4.78 is 32.0. The summed E-state index contributed by atoms with van der Waals surface area (Å²) >= 11 is 0. The van der Waals surface area contributed by atoms with Crippen molar-refractivity contribution in [3.8, 4) is 11.5 Å². The molecule has 0 bridgehead atoms. The van der Waals surface area contributed by atoms with Gasteiger partial charge in [0, 0.05) is 6.04 Å². The van der Waals surface area contributed by atoms with Crippen LogP contribution in [0.25, 0.3) is 11.5 Å². The average molecular weight is 265 g/mol. The molecule has 1 aliphatic carbocycles. The largest absolute Gasteiger partial charge is 0.412 e. The van der Waals surface area contributed by atoms with Crippen LogP contribution < -0.4 is 5.32 Å². The second-order valence-electron chi connectivity index (χ2n) is 4.26. The van der Waals surface area contributed by atoms with Gasteiger partial charge in [0.2, 0.25) is 0 Å². The molecule has 1 aliphatic rings. The Labute approximate surface area is 106 Å². The zero-order chi connectivity index (χ0) is 13.4. The number of nitrogens with one attached hydrogen (secondary N) is 1. The minimum atomic E-state index is -0.821. The quantitative estimate of drug-likeness (QED) is 0.920. The van der Waals surface area contributed by atoms with Gasteiger partial charge in [-0.15, -0.1) is 10.2 Å². The van der Waals surface area contributed by atoms with Gasteiger partial charge in [-0.05, 0) is 25.0 Å². The third-order valence-electron chi connectivity index (χ3n) is 2.71. The number of halogens is 2. The Kier molecular flexibility index (Phi) is 2.73. The lowest BCUT2D eigenvalue weighted by molar-refractivity contribution is 0.0917. The number of carbonyl (C=O) groups excluding carboxylic acids is 1. The van der Waals surface area contributed by atoms with E-state index >= 15 is 0 Å². The van der Waals surface area contributed by atoms with Crippen LogP contribution in [0.15, 0.2) is 22.6 Å². The fourth-order valence-electron chi connectivity index (χ4n) is 1.59. The van der Waals surface area contributed by atoms with E-state index in [9.17, 15) is 13.6 Å². The van der Waals surface area contributed by atoms with Gasteiger partial charge in [-0.3, -0.25) is 4.79 Å². The molecular formula is C12H9F2N3O2. The fourth-order valence-corrected chi connectivity index (χ4v) is 1.59. The molecular weight excluding hydrogens is 256 g/mol. The van der Waals surface area contributed by atoms with Crippen molar-refractivity contribution in [1.82, 2.24) is 15.5 Å². The van der Waals surface area contributed by atoms with Gasteiger partial charge in [0.05, 0.1) is 0 Å². The van der Waals surface area contributed by atoms with Crippen LogP contribution in [-0.2, 0) is 0 Å². The van der Waals surface area contributed by atoms with Crippen LogP contribution in [-0.4, -0.2) is 22.1 Å². The zero-order valence-electron chi connectivity index (χ0n) is 9.69. The molecule has 2 aromatic rings. The Balaban J connectivity index is 1.90. The summed E-state index contributed by atoms with van der Waals surface area (Å²) in [6.45, 7) is 0. The van der Waals surface area contributed by atoms with E-state index < -0.39 is 23.1 Å². The Morgan fingerprint density at radius 3 is 2.58 bits per heavy atom. The smallest absolute Gasteiger partial charge is 0.309 e. The van der Waals surface area contributed by atoms with Gasteiger partial charge in [-0.2, -0.15) is 0 Å². The molecule has 1 fully saturated rings. The third-order valence-corrected chi connectivity index (χ3v) is 2.71. The summed E-state index contributed by atoms with van der Waals surface area (Å²) in [5.74, 6) is -2.82. The molecule has 0 saturated heterocycles. The molecule has 7 heteroatoms. The van der Waals surface area contributed by atoms with Crippen LogP contribution in [0.5, 0.6) is 0 Å². The maximum atomic E-state index is 13.5. The molecule has 19 heavy (non-hydrogen) atoms. The molecule has 1 aromatic heterocycles. The van der Waals surface area contributed by atoms with Gasteiger partial charge in [0.1, 0.15) is 17.2 Å². The minimum absolute atomic E-state index is 0.132. The topological polar surface area (TPSA) is 68.0 Å². The summed E-state index contributed by atoms with van der Waals surface area (Å²) in [4.78, 5) is 11.6. The van der Waals surface area contributed by atoms with E-state index in [-0.39, 0.29) is 17.8 Å². The maximum absolute atomic E-state index is 13.5. The molecule has 0 unspecified atom stereocenters. The lowest BCUT2D eigenvalue weighted by Gasteiger charge is -1.99. The predicted octanol–water partition coefficient (Wildman–Crippen LogP) is 1.91. The highest BCUT2D eigenvalue weighted by Gasteiger charge is 2.27. The van der Waals surface area contributed by atoms with Crippen molar-refractivity contribution < 1.29 is 18.0 Å². The SMILES string of the molecule is O=C(NC1CC1)c1nnc(-c2c(F)cccc2F)o1. The van der Waals surface area contributed by atoms with Crippen molar-refractivity contribution in [3.63, 3.8) is 0 Å². The summed E-state index contributed by atoms with van der Waals surface area (Å²) in [7, 11) is 0. The van der Waals surface area contributed by atoms with Crippen LogP contribution in [0, 0.1) is 11.6 Å². The second-order valence-corrected chi connectivity index (χ2v) is 4.26. The Hall–Kier alpha value is -2.31. The van der Waals surface area contributed by atoms with E-state index in [4.69, 9.17) is 4.42 Å². The molecule has 1 saturated carbocycles. The minimum Gasteiger partial charge on any atom is -0.412 e. The van der Waals surface area contributed by atoms with Crippen molar-refractivity contribution in [2.75, 3.05) is 0 Å². The Bertz CT molecular complexity index is 617. The molecule has 1 aromatic carbocycles. The van der Waals surface area contributed by atoms with Gasteiger partial charge in [0.15, 0.2) is 0 Å². The molecule has 0 aliphatic heterocycles. The van der Waals surface area contributed by atoms with E-state index in [0.717, 1.165) is 25.0 Å². The lowest BCUT2D eigenvalue weighted by atomic mass is 10.2. The molecule has 0 atom stereocenters. The number of aromatic nitrogens is 2. The number of hydrogen-bond acceptors (Lipinski definition) is 4. The monoisotopic (exact) mass is 265 g/mol. The van der Waals surface area contributed by atoms with Crippen molar-refractivity contribution in [2.45, 2.75) is 18.9 Å². The van der Waals surface area contributed by atoms with Crippen molar-refractivity contribution in [2.24, 2.45) is 0 Å². The Morgan fingerprint density at radius 1 is 1.26 bits per heavy atom. The first-order valence-electron chi connectivity index (χ1n) is 5.74. The maximum Gasteiger partial charge on any atom is 0.309 e. The van der Waals surface area contributed by atoms with Crippen molar-refractivity contribution in [3.05, 3.63) is 35.7 Å². The molecule has 0 spiro atoms. The molecule has 0 radical (unpaired) electrons. The zero-order valence-corrected chi connectivity index (χ0v) is 9.69. The van der Waals surface area contributed by atoms with Gasteiger partial charge in [-0.1, -0.05) is 6.07 Å². The first kappa shape index (κ1) is 11.8. The van der Waals surface area contributed by atoms with Crippen LogP contribution in [0.4, 0.5) is 8.78 Å². The van der Waals surface area contributed by atoms with Crippen LogP contribution >= 0.6 is 0 Å². The van der Waals surface area contributed by atoms with E-state index in [1.54, 1.807) is 0 Å². The lowest BCUT2D eigenvalue weighted by Crippen LogP contribution is -2.25. The number of nitrogens with zero attached hydrogens (tertiary/aromatic N) is 2. The van der Waals surface area contributed by atoms with Crippen LogP contribution in [0.1, 0.15) is 23.5 Å². The summed E-state index contributed by atoms with van der Waals surface area (Å²) in [5, 5.41) is 9.63. The average Bonchev–Trinajstić information content (AvgIpc) is 3.04. The van der Waals surface area contributed by atoms with Crippen molar-refractivity contribution >= 4 is 5.91 Å². The molecule has 98 valence electrons. The summed E-state index contributed by atoms with van der Waals surface area (Å²) in [6.07, 6.45) is 1.82. The van der Waals surface area contributed by atoms with Gasteiger partial charge in [-0.25, -0.2) is 8.78 Å². The number of hydrogen-bond donors (Lipinski definition) is 1. The first-order valence-corrected chi connectivity index (χ1v) is 5.74. The first-order chi connectivity index (χ1) is 9.15. The Morgan fingerprint density at radius 2 is 1.95 bits per heavy atom. The molecule has 1 amide bonds. The third kappa shape index (κ3) is 2.31. The standard InChI is InChI=1S/C12H9F2N3O2/c13-7-2-1-3-8(14)9(7)11-16-17-12(19-11)10(18)15-6-4-5-6/h1-3,6H,4-5H2,(H,15,18). The number of rotatable bonds is 3. The van der Waals surface area contributed by atoms with Crippen LogP contribution in [0.2, 0.25) is 0 Å². The molecule has 1 heterocycles. The fraction of sp³-hybridized carbons (Fsp3) is 0.250. The van der Waals surface area contributed by atoms with Gasteiger partial charge < -0.3 is 9.73 Å². The van der Waals surface area contributed by atoms with Gasteiger partial charge >= 0.3 is 11.8 Å². The number of carbonyl (C=O) groups is 1. The molecule has 1 N–H and O–H groups in total. The molecule has 5 nitrogen and oxygen atoms in total.